The first-order valence-corrected chi connectivity index (χ1v) is 4.46. The van der Waals surface area contributed by atoms with Gasteiger partial charge in [0, 0.05) is 15.5 Å². The van der Waals surface area contributed by atoms with Gasteiger partial charge in [0.1, 0.15) is 11.6 Å². The number of aldehydes is 1. The smallest absolute Gasteiger partial charge is 0.154 e. The number of halogens is 1. The minimum atomic E-state index is -0.460. The molecular weight excluding hydrogens is 191 g/mol. The molecule has 0 saturated carbocycles. The quantitative estimate of drug-likeness (QED) is 0.711. The van der Waals surface area contributed by atoms with Crippen molar-refractivity contribution in [2.45, 2.75) is 0 Å². The third-order valence-electron chi connectivity index (χ3n) is 1.83. The van der Waals surface area contributed by atoms with Gasteiger partial charge >= 0.3 is 0 Å². The number of carbonyl (C=O) groups is 1. The number of fused-ring (bicyclic) bond motifs is 1. The average molecular weight is 196 g/mol. The monoisotopic (exact) mass is 196 g/mol. The predicted octanol–water partition coefficient (Wildman–Crippen LogP) is 2.56. The lowest BCUT2D eigenvalue weighted by Crippen LogP contribution is -1.83. The van der Waals surface area contributed by atoms with Gasteiger partial charge in [-0.3, -0.25) is 4.79 Å². The fraction of sp³-hybridized carbons (Fsp3) is 0. The fourth-order valence-electron chi connectivity index (χ4n) is 1.23. The molecular formula is C9H5FO2S. The summed E-state index contributed by atoms with van der Waals surface area (Å²) in [4.78, 5) is 10.6. The second-order valence-electron chi connectivity index (χ2n) is 2.57. The summed E-state index contributed by atoms with van der Waals surface area (Å²) in [6, 6.07) is 2.98. The Morgan fingerprint density at radius 1 is 1.46 bits per heavy atom. The Kier molecular flexibility index (Phi) is 1.77. The summed E-state index contributed by atoms with van der Waals surface area (Å²) in [5.74, 6) is -0.641. The molecule has 0 unspecified atom stereocenters. The van der Waals surface area contributed by atoms with E-state index in [1.165, 1.54) is 22.8 Å². The van der Waals surface area contributed by atoms with Crippen molar-refractivity contribution in [1.29, 1.82) is 0 Å². The summed E-state index contributed by atoms with van der Waals surface area (Å²) >= 11 is 1.21. The van der Waals surface area contributed by atoms with Crippen LogP contribution in [-0.4, -0.2) is 11.4 Å². The summed E-state index contributed by atoms with van der Waals surface area (Å²) in [5, 5.41) is 10.8. The highest BCUT2D eigenvalue weighted by Gasteiger charge is 2.11. The van der Waals surface area contributed by atoms with Crippen molar-refractivity contribution in [2.24, 2.45) is 0 Å². The van der Waals surface area contributed by atoms with Crippen molar-refractivity contribution in [3.63, 3.8) is 0 Å². The van der Waals surface area contributed by atoms with Gasteiger partial charge in [0.05, 0.1) is 5.56 Å². The maximum absolute atomic E-state index is 13.1. The number of carbonyl (C=O) groups excluding carboxylic acids is 1. The Labute approximate surface area is 77.2 Å². The van der Waals surface area contributed by atoms with Crippen LogP contribution in [0.5, 0.6) is 5.75 Å². The standard InChI is InChI=1S/C9H5FO2S/c10-6-4-13-8-2-1-7(12)5(3-11)9(6)8/h1-4,12H. The number of hydrogen-bond acceptors (Lipinski definition) is 3. The summed E-state index contributed by atoms with van der Waals surface area (Å²) in [7, 11) is 0. The second-order valence-corrected chi connectivity index (χ2v) is 3.48. The number of benzene rings is 1. The highest BCUT2D eigenvalue weighted by atomic mass is 32.1. The highest BCUT2D eigenvalue weighted by Crippen LogP contribution is 2.31. The number of rotatable bonds is 1. The van der Waals surface area contributed by atoms with Gasteiger partial charge in [-0.15, -0.1) is 11.3 Å². The van der Waals surface area contributed by atoms with Crippen LogP contribution < -0.4 is 0 Å². The molecule has 0 spiro atoms. The van der Waals surface area contributed by atoms with Gasteiger partial charge in [-0.05, 0) is 12.1 Å². The third kappa shape index (κ3) is 1.10. The molecule has 4 heteroatoms. The van der Waals surface area contributed by atoms with E-state index in [1.807, 2.05) is 0 Å². The zero-order chi connectivity index (χ0) is 9.42. The molecule has 2 aromatic rings. The molecule has 0 bridgehead atoms. The fourth-order valence-corrected chi connectivity index (χ4v) is 2.05. The van der Waals surface area contributed by atoms with Gasteiger partial charge < -0.3 is 5.11 Å². The summed E-state index contributed by atoms with van der Waals surface area (Å²) in [5.41, 5.74) is 0.0243. The van der Waals surface area contributed by atoms with Crippen LogP contribution in [0.4, 0.5) is 4.39 Å². The van der Waals surface area contributed by atoms with Gasteiger partial charge in [0.2, 0.25) is 0 Å². The summed E-state index contributed by atoms with van der Waals surface area (Å²) in [6.07, 6.45) is 0.466. The van der Waals surface area contributed by atoms with Gasteiger partial charge in [0.25, 0.3) is 0 Å². The van der Waals surface area contributed by atoms with Crippen LogP contribution in [0.15, 0.2) is 17.5 Å². The highest BCUT2D eigenvalue weighted by molar-refractivity contribution is 7.17. The van der Waals surface area contributed by atoms with E-state index in [9.17, 15) is 14.3 Å². The van der Waals surface area contributed by atoms with Crippen LogP contribution in [0.3, 0.4) is 0 Å². The Hall–Kier alpha value is -1.42. The molecule has 66 valence electrons. The lowest BCUT2D eigenvalue weighted by molar-refractivity contribution is 0.112. The predicted molar refractivity (Wildman–Crippen MR) is 48.8 cm³/mol. The molecule has 0 radical (unpaired) electrons. The first-order chi connectivity index (χ1) is 6.24. The Morgan fingerprint density at radius 3 is 2.92 bits per heavy atom. The Bertz CT molecular complexity index is 476. The maximum Gasteiger partial charge on any atom is 0.154 e. The van der Waals surface area contributed by atoms with Gasteiger partial charge in [-0.1, -0.05) is 0 Å². The minimum Gasteiger partial charge on any atom is -0.507 e. The van der Waals surface area contributed by atoms with Crippen LogP contribution >= 0.6 is 11.3 Å². The van der Waals surface area contributed by atoms with Gasteiger partial charge in [-0.25, -0.2) is 4.39 Å². The van der Waals surface area contributed by atoms with E-state index in [0.717, 1.165) is 0 Å². The van der Waals surface area contributed by atoms with Crippen molar-refractivity contribution >= 4 is 27.7 Å². The Balaban J connectivity index is 2.96. The SMILES string of the molecule is O=Cc1c(O)ccc2scc(F)c12. The van der Waals surface area contributed by atoms with Gasteiger partial charge in [-0.2, -0.15) is 0 Å². The van der Waals surface area contributed by atoms with Gasteiger partial charge in [0.15, 0.2) is 6.29 Å². The van der Waals surface area contributed by atoms with Crippen molar-refractivity contribution in [1.82, 2.24) is 0 Å². The normalized spacial score (nSPS) is 10.5. The first kappa shape index (κ1) is 8.19. The number of thiophene rings is 1. The molecule has 0 aliphatic carbocycles. The average Bonchev–Trinajstić information content (AvgIpc) is 2.49. The second kappa shape index (κ2) is 2.81. The van der Waals surface area contributed by atoms with E-state index in [4.69, 9.17) is 0 Å². The van der Waals surface area contributed by atoms with E-state index < -0.39 is 5.82 Å². The van der Waals surface area contributed by atoms with Crippen LogP contribution in [0.1, 0.15) is 10.4 Å². The number of aromatic hydroxyl groups is 1. The topological polar surface area (TPSA) is 37.3 Å². The Morgan fingerprint density at radius 2 is 2.23 bits per heavy atom. The molecule has 13 heavy (non-hydrogen) atoms. The van der Waals surface area contributed by atoms with Crippen LogP contribution in [-0.2, 0) is 0 Å². The third-order valence-corrected chi connectivity index (χ3v) is 2.75. The van der Waals surface area contributed by atoms with Crippen LogP contribution in [0.2, 0.25) is 0 Å². The largest absolute Gasteiger partial charge is 0.507 e. The molecule has 0 aliphatic heterocycles. The zero-order valence-corrected chi connectivity index (χ0v) is 7.27. The molecule has 1 aromatic heterocycles. The number of hydrogen-bond donors (Lipinski definition) is 1. The molecule has 0 saturated heterocycles. The van der Waals surface area contributed by atoms with E-state index in [0.29, 0.717) is 11.0 Å². The molecule has 0 amide bonds. The molecule has 0 fully saturated rings. The van der Waals surface area contributed by atoms with Crippen LogP contribution in [0.25, 0.3) is 10.1 Å². The van der Waals surface area contributed by atoms with Crippen molar-refractivity contribution in [2.75, 3.05) is 0 Å². The first-order valence-electron chi connectivity index (χ1n) is 3.58. The van der Waals surface area contributed by atoms with E-state index in [-0.39, 0.29) is 16.7 Å². The lowest BCUT2D eigenvalue weighted by Gasteiger charge is -1.97. The molecule has 2 nitrogen and oxygen atoms in total. The zero-order valence-electron chi connectivity index (χ0n) is 6.45. The summed E-state index contributed by atoms with van der Waals surface area (Å²) < 4.78 is 13.8. The van der Waals surface area contributed by atoms with Crippen LogP contribution in [0, 0.1) is 5.82 Å². The minimum absolute atomic E-state index is 0.0243. The number of phenolic OH excluding ortho intramolecular Hbond substituents is 1. The van der Waals surface area contributed by atoms with Crippen molar-refractivity contribution < 1.29 is 14.3 Å². The molecule has 1 N–H and O–H groups in total. The maximum atomic E-state index is 13.1. The van der Waals surface area contributed by atoms with E-state index >= 15 is 0 Å². The molecule has 2 rings (SSSR count). The number of phenols is 1. The molecule has 0 atom stereocenters. The van der Waals surface area contributed by atoms with Crippen molar-refractivity contribution in [3.8, 4) is 5.75 Å². The molecule has 0 aliphatic rings. The summed E-state index contributed by atoms with van der Waals surface area (Å²) in [6.45, 7) is 0. The van der Waals surface area contributed by atoms with E-state index in [1.54, 1.807) is 6.07 Å². The molecule has 1 aromatic carbocycles. The van der Waals surface area contributed by atoms with E-state index in [2.05, 4.69) is 0 Å². The van der Waals surface area contributed by atoms with Crippen molar-refractivity contribution in [3.05, 3.63) is 28.9 Å². The molecule has 1 heterocycles. The lowest BCUT2D eigenvalue weighted by atomic mass is 10.1.